The molecular weight excluding hydrogens is 775 g/mol. The first-order chi connectivity index (χ1) is 6.33. The Morgan fingerprint density at radius 2 is 0.897 bits per heavy atom. The molecule has 29 heavy (non-hydrogen) atoms. The van der Waals surface area contributed by atoms with Gasteiger partial charge in [0.25, 0.3) is 0 Å². The summed E-state index contributed by atoms with van der Waals surface area (Å²) in [5.41, 5.74) is 2.66. The average molecular weight is 825 g/mol. The first kappa shape index (κ1) is 125. The van der Waals surface area contributed by atoms with Crippen LogP contribution in [0.5, 0.6) is 0 Å². The molecule has 2 rings (SSSR count). The van der Waals surface area contributed by atoms with Gasteiger partial charge in [0, 0.05) is 51.7 Å². The van der Waals surface area contributed by atoms with Crippen molar-refractivity contribution in [3.63, 3.8) is 0 Å². The fourth-order valence-corrected chi connectivity index (χ4v) is 1.17. The minimum Gasteiger partial charge on any atom is -0.358 e. The Morgan fingerprint density at radius 1 is 0.586 bits per heavy atom. The maximum Gasteiger partial charge on any atom is 0 e. The topological polar surface area (TPSA) is 0 Å². The van der Waals surface area contributed by atoms with Gasteiger partial charge in [0.2, 0.25) is 0 Å². The molecule has 0 amide bonds. The number of allylic oxidation sites excluding steroid dienone is 8. The van der Waals surface area contributed by atoms with Crippen LogP contribution in [0.15, 0.2) is 47.6 Å². The van der Waals surface area contributed by atoms with E-state index < -0.39 is 0 Å². The van der Waals surface area contributed by atoms with Gasteiger partial charge in [-0.25, -0.2) is 18.6 Å². The van der Waals surface area contributed by atoms with Gasteiger partial charge in [-0.15, -0.1) is 61.8 Å². The standard InChI is InChI=1S/C7H9.C6H7.10CH3.4ClH.2Hf/c1-2-7-5-3-4-6-7;1-6-4-2-3-5-6;;;;;;;;;;;;;;;;/h3-5H,1-2,6H2;2-4H,1,5H2;10*1H3;4*1H;;/q12*-1;;;;;;. The fraction of sp³-hybridized carbons (Fsp3) is 0.130. The minimum absolute atomic E-state index is 0. The Balaban J connectivity index is -0.00000000538. The summed E-state index contributed by atoms with van der Waals surface area (Å²) < 4.78 is 0. The van der Waals surface area contributed by atoms with Gasteiger partial charge in [0.1, 0.15) is 0 Å². The van der Waals surface area contributed by atoms with Gasteiger partial charge in [0.05, 0.1) is 0 Å². The van der Waals surface area contributed by atoms with E-state index in [0.717, 1.165) is 19.3 Å². The Labute approximate surface area is 253 Å². The quantitative estimate of drug-likeness (QED) is 0.183. The van der Waals surface area contributed by atoms with E-state index in [1.165, 1.54) is 11.1 Å². The molecule has 2 aliphatic carbocycles. The van der Waals surface area contributed by atoms with Crippen LogP contribution >= 0.6 is 49.6 Å². The molecule has 6 heteroatoms. The van der Waals surface area contributed by atoms with Crippen molar-refractivity contribution in [1.82, 2.24) is 0 Å². The van der Waals surface area contributed by atoms with Gasteiger partial charge in [0.15, 0.2) is 0 Å². The SMILES string of the molecule is Cl.Cl.Cl.Cl.[CH2-]C1=CC=CC1.[CH2-]CC1=CC=CC1.[CH3-].[CH3-].[CH3-].[CH3-].[CH3-].[CH3-].[CH3-].[CH3-].[CH3-].[CH3-].[Hf].[Hf]. The molecule has 0 fully saturated rings. The van der Waals surface area contributed by atoms with Crippen LogP contribution in [0.1, 0.15) is 19.3 Å². The zero-order chi connectivity index (χ0) is 9.52. The predicted octanol–water partition coefficient (Wildman–Crippen LogP) is 9.99. The maximum absolute atomic E-state index is 3.76. The molecule has 0 saturated heterocycles. The van der Waals surface area contributed by atoms with Gasteiger partial charge in [-0.05, 0) is 12.8 Å². The van der Waals surface area contributed by atoms with Crippen molar-refractivity contribution in [3.05, 3.63) is 136 Å². The molecule has 2 aliphatic rings. The summed E-state index contributed by atoms with van der Waals surface area (Å²) in [5, 5.41) is 0. The second kappa shape index (κ2) is 87.7. The largest absolute Gasteiger partial charge is 0.358 e. The average Bonchev–Trinajstić information content (AvgIpc) is 2.76. The number of hydrogen-bond donors (Lipinski definition) is 0. The molecule has 0 aliphatic heterocycles. The zero-order valence-corrected chi connectivity index (χ0v) is 31.1. The number of hydrogen-bond acceptors (Lipinski definition) is 0. The van der Waals surface area contributed by atoms with Crippen molar-refractivity contribution in [2.24, 2.45) is 0 Å². The van der Waals surface area contributed by atoms with Gasteiger partial charge in [-0.3, -0.25) is 0 Å². The van der Waals surface area contributed by atoms with E-state index in [1.807, 2.05) is 12.2 Å². The predicted molar refractivity (Wildman–Crippen MR) is 152 cm³/mol. The molecule has 0 atom stereocenters. The van der Waals surface area contributed by atoms with Crippen LogP contribution in [0.25, 0.3) is 0 Å². The third-order valence-electron chi connectivity index (χ3n) is 2.02. The molecule has 0 aromatic rings. The van der Waals surface area contributed by atoms with Gasteiger partial charge in [-0.2, -0.15) is 6.42 Å². The molecule has 0 aromatic heterocycles. The van der Waals surface area contributed by atoms with Crippen LogP contribution in [0, 0.1) is 88.1 Å². The van der Waals surface area contributed by atoms with Crippen molar-refractivity contribution in [2.45, 2.75) is 19.3 Å². The summed E-state index contributed by atoms with van der Waals surface area (Å²) in [5.74, 6) is 0. The van der Waals surface area contributed by atoms with Crippen LogP contribution < -0.4 is 0 Å². The van der Waals surface area contributed by atoms with Crippen LogP contribution in [0.2, 0.25) is 0 Å². The minimum atomic E-state index is 0. The monoisotopic (exact) mass is 826 g/mol. The molecular formula is C23H50Cl4Hf2-12. The van der Waals surface area contributed by atoms with Crippen molar-refractivity contribution in [2.75, 3.05) is 0 Å². The first-order valence-electron chi connectivity index (χ1n) is 4.64. The Morgan fingerprint density at radius 3 is 1.00 bits per heavy atom. The Kier molecular flexibility index (Phi) is 378. The van der Waals surface area contributed by atoms with Crippen molar-refractivity contribution < 1.29 is 51.7 Å². The van der Waals surface area contributed by atoms with E-state index in [2.05, 4.69) is 38.2 Å². The number of halogens is 4. The second-order valence-electron chi connectivity index (χ2n) is 3.16. The Bertz CT molecular complexity index is 289. The van der Waals surface area contributed by atoms with Crippen LogP contribution in [-0.2, 0) is 51.7 Å². The third kappa shape index (κ3) is 72.7. The van der Waals surface area contributed by atoms with Crippen LogP contribution in [-0.4, -0.2) is 0 Å². The molecule has 0 aromatic carbocycles. The maximum atomic E-state index is 3.76. The normalized spacial score (nSPS) is 8.03. The van der Waals surface area contributed by atoms with Gasteiger partial charge >= 0.3 is 0 Å². The molecule has 0 radical (unpaired) electrons. The van der Waals surface area contributed by atoms with Gasteiger partial charge in [-0.1, -0.05) is 23.8 Å². The molecule has 0 unspecified atom stereocenters. The third-order valence-corrected chi connectivity index (χ3v) is 2.02. The summed E-state index contributed by atoms with van der Waals surface area (Å²) in [7, 11) is 0. The number of rotatable bonds is 1. The summed E-state index contributed by atoms with van der Waals surface area (Å²) >= 11 is 0. The first-order valence-corrected chi connectivity index (χ1v) is 4.64. The molecule has 0 spiro atoms. The summed E-state index contributed by atoms with van der Waals surface area (Å²) in [6.07, 6.45) is 15.7. The summed E-state index contributed by atoms with van der Waals surface area (Å²) in [6.45, 7) is 7.50. The molecule has 0 N–H and O–H groups in total. The zero-order valence-electron chi connectivity index (χ0n) is 20.6. The van der Waals surface area contributed by atoms with E-state index >= 15 is 0 Å². The van der Waals surface area contributed by atoms with Crippen molar-refractivity contribution in [1.29, 1.82) is 0 Å². The van der Waals surface area contributed by atoms with E-state index in [4.69, 9.17) is 0 Å². The molecule has 0 heterocycles. The molecule has 0 nitrogen and oxygen atoms in total. The van der Waals surface area contributed by atoms with Crippen molar-refractivity contribution in [3.8, 4) is 0 Å². The van der Waals surface area contributed by atoms with E-state index in [1.54, 1.807) is 0 Å². The molecule has 0 bridgehead atoms. The van der Waals surface area contributed by atoms with E-state index in [0.29, 0.717) is 0 Å². The van der Waals surface area contributed by atoms with Gasteiger partial charge < -0.3 is 81.2 Å². The molecule has 190 valence electrons. The van der Waals surface area contributed by atoms with Crippen LogP contribution in [0.4, 0.5) is 0 Å². The van der Waals surface area contributed by atoms with Crippen molar-refractivity contribution >= 4 is 49.6 Å². The molecule has 0 saturated carbocycles. The van der Waals surface area contributed by atoms with E-state index in [9.17, 15) is 0 Å². The Hall–Kier alpha value is 1.73. The summed E-state index contributed by atoms with van der Waals surface area (Å²) in [6, 6.07) is 0. The smallest absolute Gasteiger partial charge is 0 e. The second-order valence-corrected chi connectivity index (χ2v) is 3.16. The fourth-order valence-electron chi connectivity index (χ4n) is 1.17. The summed E-state index contributed by atoms with van der Waals surface area (Å²) in [4.78, 5) is 0. The van der Waals surface area contributed by atoms with Crippen LogP contribution in [0.3, 0.4) is 0 Å². The van der Waals surface area contributed by atoms with E-state index in [-0.39, 0.29) is 176 Å².